The molecule has 3 aromatic heterocycles. The lowest BCUT2D eigenvalue weighted by Crippen LogP contribution is -2.21. The molecule has 1 unspecified atom stereocenters. The molecule has 150 valence electrons. The van der Waals surface area contributed by atoms with Gasteiger partial charge in [0.15, 0.2) is 0 Å². The van der Waals surface area contributed by atoms with Crippen LogP contribution in [0, 0.1) is 0 Å². The molecule has 1 atom stereocenters. The predicted octanol–water partition coefficient (Wildman–Crippen LogP) is 3.48. The molecule has 4 rings (SSSR count). The van der Waals surface area contributed by atoms with Crippen LogP contribution in [0.15, 0.2) is 30.7 Å². The van der Waals surface area contributed by atoms with E-state index in [0.29, 0.717) is 17.3 Å². The van der Waals surface area contributed by atoms with Gasteiger partial charge in [-0.05, 0) is 30.4 Å². The van der Waals surface area contributed by atoms with Gasteiger partial charge in [0, 0.05) is 23.9 Å². The molecule has 1 saturated heterocycles. The number of halogens is 1. The van der Waals surface area contributed by atoms with Crippen molar-refractivity contribution >= 4 is 23.1 Å². The van der Waals surface area contributed by atoms with Crippen molar-refractivity contribution in [3.05, 3.63) is 41.3 Å². The highest BCUT2D eigenvalue weighted by molar-refractivity contribution is 6.32. The summed E-state index contributed by atoms with van der Waals surface area (Å²) in [5, 5.41) is 13.6. The zero-order chi connectivity index (χ0) is 20.3. The van der Waals surface area contributed by atoms with E-state index in [-0.39, 0.29) is 17.5 Å². The van der Waals surface area contributed by atoms with Crippen LogP contribution in [0.1, 0.15) is 39.2 Å². The lowest BCUT2D eigenvalue weighted by Gasteiger charge is -2.17. The number of rotatable bonds is 1. The highest BCUT2D eigenvalue weighted by Gasteiger charge is 2.19. The fraction of sp³-hybridized carbons (Fsp3) is 0.450. The van der Waals surface area contributed by atoms with Crippen LogP contribution in [0.2, 0.25) is 5.02 Å². The summed E-state index contributed by atoms with van der Waals surface area (Å²) < 4.78 is 6.78. The third kappa shape index (κ3) is 4.79. The standard InChI is InChI=1S/C15H16ClN5.C5H10O2/c1-15(2,3)10-7-19-21-5-4-9(6-12(10)21)13-11(16)8-18-14(17)20-13;6-5-2-1-3-7-4-5/h4-8H,1-3H3,(H2,17,18,20);5-6H,1-4H2. The summed E-state index contributed by atoms with van der Waals surface area (Å²) in [7, 11) is 0. The Hall–Kier alpha value is -2.22. The molecule has 4 heterocycles. The van der Waals surface area contributed by atoms with Crippen molar-refractivity contribution in [2.24, 2.45) is 0 Å². The van der Waals surface area contributed by atoms with E-state index in [1.165, 1.54) is 11.8 Å². The quantitative estimate of drug-likeness (QED) is 0.645. The number of aliphatic hydroxyl groups is 1. The molecule has 0 aromatic carbocycles. The maximum absolute atomic E-state index is 8.78. The number of nitrogens with zero attached hydrogens (tertiary/aromatic N) is 4. The third-order valence-electron chi connectivity index (χ3n) is 4.50. The summed E-state index contributed by atoms with van der Waals surface area (Å²) >= 11 is 6.18. The Morgan fingerprint density at radius 3 is 2.71 bits per heavy atom. The van der Waals surface area contributed by atoms with Crippen LogP contribution in [0.3, 0.4) is 0 Å². The second-order valence-electron chi connectivity index (χ2n) is 7.85. The molecule has 0 amide bonds. The molecule has 8 heteroatoms. The Bertz CT molecular complexity index is 945. The Morgan fingerprint density at radius 1 is 1.32 bits per heavy atom. The zero-order valence-corrected chi connectivity index (χ0v) is 17.1. The Labute approximate surface area is 169 Å². The Morgan fingerprint density at radius 2 is 2.11 bits per heavy atom. The lowest BCUT2D eigenvalue weighted by atomic mass is 9.88. The van der Waals surface area contributed by atoms with E-state index in [4.69, 9.17) is 27.2 Å². The smallest absolute Gasteiger partial charge is 0.220 e. The first-order chi connectivity index (χ1) is 13.3. The van der Waals surface area contributed by atoms with Crippen molar-refractivity contribution in [1.29, 1.82) is 0 Å². The number of nitrogen functional groups attached to an aromatic ring is 1. The van der Waals surface area contributed by atoms with Gasteiger partial charge >= 0.3 is 0 Å². The Kier molecular flexibility index (Phi) is 6.17. The summed E-state index contributed by atoms with van der Waals surface area (Å²) in [5.74, 6) is 0.207. The SMILES string of the molecule is CC(C)(C)c1cnn2ccc(-c3nc(N)ncc3Cl)cc12.OC1CCCOC1. The molecular weight excluding hydrogens is 378 g/mol. The molecule has 28 heavy (non-hydrogen) atoms. The van der Waals surface area contributed by atoms with E-state index < -0.39 is 0 Å². The molecule has 3 aromatic rings. The zero-order valence-electron chi connectivity index (χ0n) is 16.4. The molecule has 0 bridgehead atoms. The maximum atomic E-state index is 8.78. The normalized spacial score (nSPS) is 17.2. The fourth-order valence-electron chi connectivity index (χ4n) is 3.01. The van der Waals surface area contributed by atoms with Gasteiger partial charge in [0.25, 0.3) is 0 Å². The van der Waals surface area contributed by atoms with Crippen LogP contribution in [-0.2, 0) is 10.2 Å². The Balaban J connectivity index is 0.000000271. The number of anilines is 1. The first-order valence-electron chi connectivity index (χ1n) is 9.28. The summed E-state index contributed by atoms with van der Waals surface area (Å²) in [6.07, 6.45) is 7.06. The van der Waals surface area contributed by atoms with Crippen LogP contribution in [0.4, 0.5) is 5.95 Å². The van der Waals surface area contributed by atoms with Gasteiger partial charge in [0.2, 0.25) is 5.95 Å². The second-order valence-corrected chi connectivity index (χ2v) is 8.26. The van der Waals surface area contributed by atoms with Crippen LogP contribution < -0.4 is 5.73 Å². The minimum Gasteiger partial charge on any atom is -0.391 e. The minimum atomic E-state index is -0.186. The number of ether oxygens (including phenoxy) is 1. The van der Waals surface area contributed by atoms with Crippen molar-refractivity contribution in [2.75, 3.05) is 18.9 Å². The van der Waals surface area contributed by atoms with Crippen molar-refractivity contribution < 1.29 is 9.84 Å². The average molecular weight is 404 g/mol. The van der Waals surface area contributed by atoms with E-state index in [0.717, 1.165) is 30.5 Å². The molecular formula is C20H26ClN5O2. The van der Waals surface area contributed by atoms with Crippen molar-refractivity contribution in [1.82, 2.24) is 19.6 Å². The number of hydrogen-bond donors (Lipinski definition) is 2. The summed E-state index contributed by atoms with van der Waals surface area (Å²) in [6.45, 7) is 7.85. The summed E-state index contributed by atoms with van der Waals surface area (Å²) in [4.78, 5) is 8.12. The van der Waals surface area contributed by atoms with Gasteiger partial charge in [-0.2, -0.15) is 5.10 Å². The van der Waals surface area contributed by atoms with Crippen LogP contribution in [0.25, 0.3) is 16.8 Å². The van der Waals surface area contributed by atoms with Gasteiger partial charge in [0.05, 0.1) is 41.3 Å². The number of aliphatic hydroxyl groups excluding tert-OH is 1. The lowest BCUT2D eigenvalue weighted by molar-refractivity contribution is -0.00535. The van der Waals surface area contributed by atoms with Gasteiger partial charge in [-0.15, -0.1) is 0 Å². The van der Waals surface area contributed by atoms with Crippen molar-refractivity contribution in [3.63, 3.8) is 0 Å². The van der Waals surface area contributed by atoms with Crippen LogP contribution in [0.5, 0.6) is 0 Å². The predicted molar refractivity (Wildman–Crippen MR) is 110 cm³/mol. The largest absolute Gasteiger partial charge is 0.391 e. The van der Waals surface area contributed by atoms with Crippen LogP contribution >= 0.6 is 11.6 Å². The van der Waals surface area contributed by atoms with Gasteiger partial charge in [-0.25, -0.2) is 14.5 Å². The molecule has 0 aliphatic carbocycles. The number of pyridine rings is 1. The van der Waals surface area contributed by atoms with Gasteiger partial charge in [-0.3, -0.25) is 0 Å². The van der Waals surface area contributed by atoms with Crippen molar-refractivity contribution in [3.8, 4) is 11.3 Å². The fourth-order valence-corrected chi connectivity index (χ4v) is 3.21. The molecule has 1 fully saturated rings. The van der Waals surface area contributed by atoms with E-state index in [9.17, 15) is 0 Å². The first kappa shape index (κ1) is 20.5. The maximum Gasteiger partial charge on any atom is 0.220 e. The van der Waals surface area contributed by atoms with E-state index in [1.54, 1.807) is 0 Å². The molecule has 0 spiro atoms. The highest BCUT2D eigenvalue weighted by Crippen LogP contribution is 2.31. The highest BCUT2D eigenvalue weighted by atomic mass is 35.5. The van der Waals surface area contributed by atoms with E-state index in [1.807, 2.05) is 29.0 Å². The summed E-state index contributed by atoms with van der Waals surface area (Å²) in [6, 6.07) is 3.95. The molecule has 1 aliphatic rings. The number of fused-ring (bicyclic) bond motifs is 1. The molecule has 0 radical (unpaired) electrons. The first-order valence-corrected chi connectivity index (χ1v) is 9.65. The average Bonchev–Trinajstić information content (AvgIpc) is 3.08. The van der Waals surface area contributed by atoms with Gasteiger partial charge < -0.3 is 15.6 Å². The molecule has 0 saturated carbocycles. The van der Waals surface area contributed by atoms with Gasteiger partial charge in [0.1, 0.15) is 0 Å². The molecule has 7 nitrogen and oxygen atoms in total. The second kappa shape index (κ2) is 8.43. The van der Waals surface area contributed by atoms with Gasteiger partial charge in [-0.1, -0.05) is 32.4 Å². The van der Waals surface area contributed by atoms with Crippen molar-refractivity contribution in [2.45, 2.75) is 45.1 Å². The number of nitrogens with two attached hydrogens (primary N) is 1. The van der Waals surface area contributed by atoms with Crippen LogP contribution in [-0.4, -0.2) is 44.0 Å². The minimum absolute atomic E-state index is 0.00880. The topological polar surface area (TPSA) is 98.6 Å². The molecule has 3 N–H and O–H groups in total. The molecule has 1 aliphatic heterocycles. The van der Waals surface area contributed by atoms with E-state index in [2.05, 4.69) is 35.8 Å². The number of aromatic nitrogens is 4. The number of hydrogen-bond acceptors (Lipinski definition) is 6. The summed E-state index contributed by atoms with van der Waals surface area (Å²) in [5.41, 5.74) is 9.40. The monoisotopic (exact) mass is 403 g/mol. The van der Waals surface area contributed by atoms with E-state index >= 15 is 0 Å². The third-order valence-corrected chi connectivity index (χ3v) is 4.78.